The fourth-order valence-corrected chi connectivity index (χ4v) is 2.42. The van der Waals surface area contributed by atoms with E-state index in [2.05, 4.69) is 5.32 Å². The molecule has 0 aliphatic carbocycles. The molecule has 1 fully saturated rings. The molecule has 0 bridgehead atoms. The second-order valence-electron chi connectivity index (χ2n) is 5.89. The molecule has 0 spiro atoms. The smallest absolute Gasteiger partial charge is 0.254 e. The molecule has 0 aromatic heterocycles. The van der Waals surface area contributed by atoms with E-state index in [0.29, 0.717) is 37.6 Å². The summed E-state index contributed by atoms with van der Waals surface area (Å²) >= 11 is 0. The second kappa shape index (κ2) is 8.08. The van der Waals surface area contributed by atoms with Crippen molar-refractivity contribution in [1.82, 2.24) is 4.90 Å². The zero-order valence-electron chi connectivity index (χ0n) is 13.7. The highest BCUT2D eigenvalue weighted by Gasteiger charge is 2.21. The number of nitrogens with zero attached hydrogens (tertiary/aromatic N) is 1. The third kappa shape index (κ3) is 4.53. The highest BCUT2D eigenvalue weighted by Crippen LogP contribution is 2.15. The minimum atomic E-state index is -0.557. The maximum Gasteiger partial charge on any atom is 0.254 e. The monoisotopic (exact) mass is 319 g/mol. The first-order valence-electron chi connectivity index (χ1n) is 8.06. The van der Waals surface area contributed by atoms with Crippen molar-refractivity contribution in [2.24, 2.45) is 11.7 Å². The molecular weight excluding hydrogens is 294 g/mol. The number of amides is 2. The molecule has 0 saturated carbocycles. The number of ether oxygens (including phenoxy) is 1. The normalized spacial score (nSPS) is 17.4. The molecule has 6 heteroatoms. The Morgan fingerprint density at radius 1 is 1.35 bits per heavy atom. The summed E-state index contributed by atoms with van der Waals surface area (Å²) in [4.78, 5) is 26.4. The number of carbonyl (C=O) groups is 2. The number of carbonyl (C=O) groups excluding carboxylic acids is 2. The molecule has 2 amide bonds. The van der Waals surface area contributed by atoms with E-state index in [1.807, 2.05) is 13.8 Å². The van der Waals surface area contributed by atoms with Crippen LogP contribution in [0, 0.1) is 5.92 Å². The molecule has 0 radical (unpaired) electrons. The van der Waals surface area contributed by atoms with E-state index >= 15 is 0 Å². The number of hydrogen-bond donors (Lipinski definition) is 2. The first-order valence-corrected chi connectivity index (χ1v) is 8.06. The van der Waals surface area contributed by atoms with E-state index in [1.54, 1.807) is 29.2 Å². The quantitative estimate of drug-likeness (QED) is 0.861. The van der Waals surface area contributed by atoms with Gasteiger partial charge in [0.2, 0.25) is 5.91 Å². The Morgan fingerprint density at radius 2 is 2.04 bits per heavy atom. The number of hydrogen-bond acceptors (Lipinski definition) is 4. The van der Waals surface area contributed by atoms with Crippen molar-refractivity contribution in [3.63, 3.8) is 0 Å². The van der Waals surface area contributed by atoms with Crippen molar-refractivity contribution < 1.29 is 14.3 Å². The number of nitrogens with two attached hydrogens (primary N) is 1. The SMILES string of the molecule is CCC(C)C(N)C(=O)Nc1cccc(C(=O)N2CCOCC2)c1. The molecule has 1 aliphatic heterocycles. The van der Waals surface area contributed by atoms with Crippen molar-refractivity contribution in [3.8, 4) is 0 Å². The molecule has 2 atom stereocenters. The number of benzene rings is 1. The van der Waals surface area contributed by atoms with Gasteiger partial charge in [-0.2, -0.15) is 0 Å². The largest absolute Gasteiger partial charge is 0.378 e. The predicted octanol–water partition coefficient (Wildman–Crippen LogP) is 1.47. The fraction of sp³-hybridized carbons (Fsp3) is 0.529. The third-order valence-corrected chi connectivity index (χ3v) is 4.24. The number of anilines is 1. The Hall–Kier alpha value is -1.92. The van der Waals surface area contributed by atoms with Gasteiger partial charge in [-0.25, -0.2) is 0 Å². The van der Waals surface area contributed by atoms with Crippen molar-refractivity contribution >= 4 is 17.5 Å². The van der Waals surface area contributed by atoms with Crippen LogP contribution < -0.4 is 11.1 Å². The van der Waals surface area contributed by atoms with Gasteiger partial charge in [-0.05, 0) is 24.1 Å². The van der Waals surface area contributed by atoms with Crippen molar-refractivity contribution in [2.45, 2.75) is 26.3 Å². The molecule has 1 aromatic rings. The summed E-state index contributed by atoms with van der Waals surface area (Å²) < 4.78 is 5.26. The van der Waals surface area contributed by atoms with Crippen molar-refractivity contribution in [1.29, 1.82) is 0 Å². The highest BCUT2D eigenvalue weighted by molar-refractivity contribution is 5.98. The van der Waals surface area contributed by atoms with Gasteiger partial charge in [-0.3, -0.25) is 9.59 Å². The van der Waals surface area contributed by atoms with Gasteiger partial charge in [0.1, 0.15) is 0 Å². The van der Waals surface area contributed by atoms with Crippen LogP contribution in [0.5, 0.6) is 0 Å². The molecule has 2 rings (SSSR count). The van der Waals surface area contributed by atoms with Gasteiger partial charge in [0, 0.05) is 24.3 Å². The van der Waals surface area contributed by atoms with Crippen LogP contribution in [0.1, 0.15) is 30.6 Å². The average Bonchev–Trinajstić information content (AvgIpc) is 2.60. The Balaban J connectivity index is 2.04. The van der Waals surface area contributed by atoms with Crippen molar-refractivity contribution in [2.75, 3.05) is 31.6 Å². The van der Waals surface area contributed by atoms with E-state index in [0.717, 1.165) is 6.42 Å². The standard InChI is InChI=1S/C17H25N3O3/c1-3-12(2)15(18)16(21)19-14-6-4-5-13(11-14)17(22)20-7-9-23-10-8-20/h4-6,11-12,15H,3,7-10,18H2,1-2H3,(H,19,21). The van der Waals surface area contributed by atoms with Crippen LogP contribution >= 0.6 is 0 Å². The lowest BCUT2D eigenvalue weighted by atomic mass is 9.99. The van der Waals surface area contributed by atoms with Gasteiger partial charge in [0.05, 0.1) is 19.3 Å². The van der Waals surface area contributed by atoms with Crippen LogP contribution in [0.3, 0.4) is 0 Å². The molecule has 1 heterocycles. The van der Waals surface area contributed by atoms with Gasteiger partial charge in [-0.1, -0.05) is 26.3 Å². The van der Waals surface area contributed by atoms with Crippen molar-refractivity contribution in [3.05, 3.63) is 29.8 Å². The highest BCUT2D eigenvalue weighted by atomic mass is 16.5. The summed E-state index contributed by atoms with van der Waals surface area (Å²) in [5.41, 5.74) is 7.08. The number of nitrogens with one attached hydrogen (secondary N) is 1. The Kier molecular flexibility index (Phi) is 6.12. The molecule has 2 unspecified atom stereocenters. The zero-order valence-corrected chi connectivity index (χ0v) is 13.7. The van der Waals surface area contributed by atoms with Gasteiger partial charge < -0.3 is 20.7 Å². The van der Waals surface area contributed by atoms with E-state index < -0.39 is 6.04 Å². The fourth-order valence-electron chi connectivity index (χ4n) is 2.42. The maximum absolute atomic E-state index is 12.5. The third-order valence-electron chi connectivity index (χ3n) is 4.24. The molecule has 126 valence electrons. The lowest BCUT2D eigenvalue weighted by Gasteiger charge is -2.27. The van der Waals surface area contributed by atoms with Crippen LogP contribution in [0.4, 0.5) is 5.69 Å². The summed E-state index contributed by atoms with van der Waals surface area (Å²) in [5, 5.41) is 2.80. The summed E-state index contributed by atoms with van der Waals surface area (Å²) in [7, 11) is 0. The maximum atomic E-state index is 12.5. The first-order chi connectivity index (χ1) is 11.0. The molecular formula is C17H25N3O3. The van der Waals surface area contributed by atoms with Gasteiger partial charge in [0.25, 0.3) is 5.91 Å². The lowest BCUT2D eigenvalue weighted by molar-refractivity contribution is -0.118. The topological polar surface area (TPSA) is 84.7 Å². The average molecular weight is 319 g/mol. The van der Waals surface area contributed by atoms with Gasteiger partial charge >= 0.3 is 0 Å². The summed E-state index contributed by atoms with van der Waals surface area (Å²) in [5.74, 6) is -0.167. The number of rotatable bonds is 5. The van der Waals surface area contributed by atoms with Crippen LogP contribution in [0.25, 0.3) is 0 Å². The molecule has 23 heavy (non-hydrogen) atoms. The van der Waals surface area contributed by atoms with Crippen LogP contribution in [-0.4, -0.2) is 49.1 Å². The number of morpholine rings is 1. The zero-order chi connectivity index (χ0) is 16.8. The molecule has 1 aromatic carbocycles. The second-order valence-corrected chi connectivity index (χ2v) is 5.89. The van der Waals surface area contributed by atoms with Crippen LogP contribution in [-0.2, 0) is 9.53 Å². The van der Waals surface area contributed by atoms with Crippen LogP contribution in [0.15, 0.2) is 24.3 Å². The molecule has 6 nitrogen and oxygen atoms in total. The van der Waals surface area contributed by atoms with Gasteiger partial charge in [0.15, 0.2) is 0 Å². The lowest BCUT2D eigenvalue weighted by Crippen LogP contribution is -2.41. The Morgan fingerprint density at radius 3 is 2.70 bits per heavy atom. The summed E-state index contributed by atoms with van der Waals surface area (Å²) in [6, 6.07) is 6.41. The summed E-state index contributed by atoms with van der Waals surface area (Å²) in [6.07, 6.45) is 0.837. The molecule has 3 N–H and O–H groups in total. The molecule has 1 saturated heterocycles. The minimum Gasteiger partial charge on any atom is -0.378 e. The Labute approximate surface area is 137 Å². The first kappa shape index (κ1) is 17.4. The minimum absolute atomic E-state index is 0.0457. The summed E-state index contributed by atoms with van der Waals surface area (Å²) in [6.45, 7) is 6.25. The van der Waals surface area contributed by atoms with Crippen LogP contribution in [0.2, 0.25) is 0 Å². The van der Waals surface area contributed by atoms with E-state index in [9.17, 15) is 9.59 Å². The predicted molar refractivity (Wildman–Crippen MR) is 89.2 cm³/mol. The molecule has 1 aliphatic rings. The van der Waals surface area contributed by atoms with E-state index in [1.165, 1.54) is 0 Å². The van der Waals surface area contributed by atoms with E-state index in [4.69, 9.17) is 10.5 Å². The van der Waals surface area contributed by atoms with Gasteiger partial charge in [-0.15, -0.1) is 0 Å². The van der Waals surface area contributed by atoms with E-state index in [-0.39, 0.29) is 17.7 Å². The Bertz CT molecular complexity index is 556.